The highest BCUT2D eigenvalue weighted by Crippen LogP contribution is 2.28. The Morgan fingerprint density at radius 3 is 2.63 bits per heavy atom. The van der Waals surface area contributed by atoms with Gasteiger partial charge in [0.05, 0.1) is 19.4 Å². The van der Waals surface area contributed by atoms with Crippen LogP contribution in [0.2, 0.25) is 0 Å². The predicted molar refractivity (Wildman–Crippen MR) is 139 cm³/mol. The summed E-state index contributed by atoms with van der Waals surface area (Å²) in [5.74, 6) is 1.92. The van der Waals surface area contributed by atoms with Crippen molar-refractivity contribution in [2.24, 2.45) is 4.99 Å². The quantitative estimate of drug-likeness (QED) is 0.269. The molecule has 0 spiro atoms. The molecule has 0 radical (unpaired) electrons. The van der Waals surface area contributed by atoms with Gasteiger partial charge in [0, 0.05) is 24.4 Å². The van der Waals surface area contributed by atoms with E-state index in [1.54, 1.807) is 6.26 Å². The van der Waals surface area contributed by atoms with Crippen molar-refractivity contribution in [3.05, 3.63) is 59.5 Å². The maximum absolute atomic E-state index is 5.48. The van der Waals surface area contributed by atoms with Crippen LogP contribution in [0.1, 0.15) is 43.1 Å². The van der Waals surface area contributed by atoms with Gasteiger partial charge in [-0.25, -0.2) is 4.99 Å². The van der Waals surface area contributed by atoms with Crippen molar-refractivity contribution >= 4 is 41.7 Å². The van der Waals surface area contributed by atoms with Crippen molar-refractivity contribution in [3.8, 4) is 0 Å². The molecular weight excluding hydrogens is 507 g/mol. The number of guanidine groups is 1. The van der Waals surface area contributed by atoms with Gasteiger partial charge in [0.15, 0.2) is 5.96 Å². The smallest absolute Gasteiger partial charge is 0.191 e. The van der Waals surface area contributed by atoms with Gasteiger partial charge in [-0.05, 0) is 62.7 Å². The van der Waals surface area contributed by atoms with Crippen LogP contribution in [0.25, 0.3) is 0 Å². The summed E-state index contributed by atoms with van der Waals surface area (Å²) in [5.41, 5.74) is 2.58. The Kier molecular flexibility index (Phi) is 11.1. The number of hydrogen-bond donors (Lipinski definition) is 2. The van der Waals surface area contributed by atoms with Crippen LogP contribution in [-0.4, -0.2) is 42.0 Å². The predicted octanol–water partition coefficient (Wildman–Crippen LogP) is 4.87. The third kappa shape index (κ3) is 7.81. The van der Waals surface area contributed by atoms with E-state index in [1.165, 1.54) is 30.4 Å². The molecule has 0 amide bonds. The van der Waals surface area contributed by atoms with Crippen LogP contribution >= 0.6 is 35.7 Å². The second kappa shape index (κ2) is 13.3. The SMILES string of the molecule is CCNC(=NCc1ccccc1CN(C)Cc1ccco1)NC1CCC(SC)C1.I. The second-order valence-corrected chi connectivity index (χ2v) is 8.87. The molecule has 30 heavy (non-hydrogen) atoms. The molecule has 0 aliphatic heterocycles. The summed E-state index contributed by atoms with van der Waals surface area (Å²) < 4.78 is 5.48. The molecule has 2 N–H and O–H groups in total. The number of nitrogens with one attached hydrogen (secondary N) is 2. The topological polar surface area (TPSA) is 52.8 Å². The lowest BCUT2D eigenvalue weighted by Gasteiger charge is -2.19. The average Bonchev–Trinajstić information content (AvgIpc) is 3.39. The van der Waals surface area contributed by atoms with E-state index in [9.17, 15) is 0 Å². The minimum absolute atomic E-state index is 0. The van der Waals surface area contributed by atoms with Gasteiger partial charge in [-0.2, -0.15) is 11.8 Å². The molecule has 0 saturated heterocycles. The van der Waals surface area contributed by atoms with Gasteiger partial charge in [-0.15, -0.1) is 24.0 Å². The Balaban J connectivity index is 0.00000320. The van der Waals surface area contributed by atoms with E-state index in [0.29, 0.717) is 12.6 Å². The van der Waals surface area contributed by atoms with E-state index in [-0.39, 0.29) is 24.0 Å². The fourth-order valence-electron chi connectivity index (χ4n) is 3.84. The average molecular weight is 543 g/mol. The van der Waals surface area contributed by atoms with E-state index in [2.05, 4.69) is 60.0 Å². The van der Waals surface area contributed by atoms with Crippen molar-refractivity contribution in [2.45, 2.75) is 57.1 Å². The number of halogens is 1. The lowest BCUT2D eigenvalue weighted by molar-refractivity contribution is 0.287. The molecule has 1 aromatic carbocycles. The molecule has 1 heterocycles. The lowest BCUT2D eigenvalue weighted by atomic mass is 10.1. The van der Waals surface area contributed by atoms with Crippen LogP contribution in [0.15, 0.2) is 52.1 Å². The summed E-state index contributed by atoms with van der Waals surface area (Å²) in [6.45, 7) is 5.34. The lowest BCUT2D eigenvalue weighted by Crippen LogP contribution is -2.42. The maximum Gasteiger partial charge on any atom is 0.191 e. The maximum atomic E-state index is 5.48. The summed E-state index contributed by atoms with van der Waals surface area (Å²) in [6, 6.07) is 13.1. The molecule has 1 saturated carbocycles. The molecule has 7 heteroatoms. The monoisotopic (exact) mass is 542 g/mol. The molecule has 5 nitrogen and oxygen atoms in total. The van der Waals surface area contributed by atoms with Crippen LogP contribution in [0.3, 0.4) is 0 Å². The molecule has 2 aromatic rings. The Bertz CT molecular complexity index is 768. The Hall–Kier alpha value is -1.19. The van der Waals surface area contributed by atoms with E-state index >= 15 is 0 Å². The van der Waals surface area contributed by atoms with E-state index in [0.717, 1.165) is 36.6 Å². The molecule has 1 fully saturated rings. The minimum Gasteiger partial charge on any atom is -0.468 e. The van der Waals surface area contributed by atoms with E-state index in [1.807, 2.05) is 23.9 Å². The van der Waals surface area contributed by atoms with Gasteiger partial charge < -0.3 is 15.1 Å². The van der Waals surface area contributed by atoms with Gasteiger partial charge in [0.1, 0.15) is 5.76 Å². The molecule has 1 aliphatic rings. The molecule has 0 bridgehead atoms. The number of aliphatic imine (C=N–C) groups is 1. The minimum atomic E-state index is 0. The van der Waals surface area contributed by atoms with Crippen LogP contribution in [0, 0.1) is 0 Å². The van der Waals surface area contributed by atoms with Crippen molar-refractivity contribution in [3.63, 3.8) is 0 Å². The highest BCUT2D eigenvalue weighted by molar-refractivity contribution is 14.0. The summed E-state index contributed by atoms with van der Waals surface area (Å²) in [4.78, 5) is 7.16. The third-order valence-electron chi connectivity index (χ3n) is 5.37. The number of benzene rings is 1. The molecule has 1 aromatic heterocycles. The Morgan fingerprint density at radius 1 is 1.17 bits per heavy atom. The molecule has 166 valence electrons. The molecular formula is C23H35IN4OS. The van der Waals surface area contributed by atoms with Crippen LogP contribution in [0.4, 0.5) is 0 Å². The number of furan rings is 1. The van der Waals surface area contributed by atoms with Gasteiger partial charge in [-0.1, -0.05) is 24.3 Å². The highest BCUT2D eigenvalue weighted by atomic mass is 127. The first-order chi connectivity index (χ1) is 14.2. The van der Waals surface area contributed by atoms with Gasteiger partial charge in [0.2, 0.25) is 0 Å². The van der Waals surface area contributed by atoms with Crippen molar-refractivity contribution in [1.82, 2.24) is 15.5 Å². The van der Waals surface area contributed by atoms with Crippen molar-refractivity contribution in [1.29, 1.82) is 0 Å². The van der Waals surface area contributed by atoms with Crippen LogP contribution in [-0.2, 0) is 19.6 Å². The number of rotatable bonds is 9. The molecule has 3 rings (SSSR count). The summed E-state index contributed by atoms with van der Waals surface area (Å²) in [7, 11) is 2.12. The van der Waals surface area contributed by atoms with Crippen LogP contribution < -0.4 is 10.6 Å². The number of thioether (sulfide) groups is 1. The summed E-state index contributed by atoms with van der Waals surface area (Å²) >= 11 is 1.98. The zero-order chi connectivity index (χ0) is 20.5. The Morgan fingerprint density at radius 2 is 1.97 bits per heavy atom. The molecule has 2 atom stereocenters. The van der Waals surface area contributed by atoms with E-state index < -0.39 is 0 Å². The van der Waals surface area contributed by atoms with Gasteiger partial charge in [0.25, 0.3) is 0 Å². The van der Waals surface area contributed by atoms with Crippen molar-refractivity contribution < 1.29 is 4.42 Å². The molecule has 1 aliphatic carbocycles. The first-order valence-corrected chi connectivity index (χ1v) is 11.8. The zero-order valence-corrected chi connectivity index (χ0v) is 21.4. The highest BCUT2D eigenvalue weighted by Gasteiger charge is 2.24. The third-order valence-corrected chi connectivity index (χ3v) is 6.47. The normalized spacial score (nSPS) is 19.0. The number of hydrogen-bond acceptors (Lipinski definition) is 4. The second-order valence-electron chi connectivity index (χ2n) is 7.73. The molecule has 2 unspecified atom stereocenters. The van der Waals surface area contributed by atoms with Crippen LogP contribution in [0.5, 0.6) is 0 Å². The summed E-state index contributed by atoms with van der Waals surface area (Å²) in [5, 5.41) is 7.83. The standard InChI is InChI=1S/C23H34N4OS.HI/c1-4-24-23(26-20-11-12-22(14-20)29-3)25-15-18-8-5-6-9-19(18)16-27(2)17-21-10-7-13-28-21;/h5-10,13,20,22H,4,11-12,14-17H2,1-3H3,(H2,24,25,26);1H. The van der Waals surface area contributed by atoms with Gasteiger partial charge in [-0.3, -0.25) is 4.90 Å². The zero-order valence-electron chi connectivity index (χ0n) is 18.3. The Labute approximate surface area is 202 Å². The largest absolute Gasteiger partial charge is 0.468 e. The first kappa shape index (κ1) is 25.1. The first-order valence-electron chi connectivity index (χ1n) is 10.5. The van der Waals surface area contributed by atoms with Gasteiger partial charge >= 0.3 is 0 Å². The number of nitrogens with zero attached hydrogens (tertiary/aromatic N) is 2. The fraction of sp³-hybridized carbons (Fsp3) is 0.522. The van der Waals surface area contributed by atoms with Crippen molar-refractivity contribution in [2.75, 3.05) is 19.8 Å². The summed E-state index contributed by atoms with van der Waals surface area (Å²) in [6.07, 6.45) is 7.69. The van der Waals surface area contributed by atoms with E-state index in [4.69, 9.17) is 9.41 Å². The fourth-order valence-corrected chi connectivity index (χ4v) is 4.64.